The Hall–Kier alpha value is -1.94. The van der Waals surface area contributed by atoms with Crippen LogP contribution < -0.4 is 0 Å². The zero-order valence-corrected chi connectivity index (χ0v) is 11.0. The molecular formula is C14H12ClN3O. The van der Waals surface area contributed by atoms with E-state index < -0.39 is 0 Å². The first-order valence-corrected chi connectivity index (χ1v) is 6.46. The fourth-order valence-electron chi connectivity index (χ4n) is 2.23. The maximum absolute atomic E-state index is 12.3. The fraction of sp³-hybridized carbons (Fsp3) is 0.214. The van der Waals surface area contributed by atoms with E-state index in [2.05, 4.69) is 9.97 Å². The molecule has 96 valence electrons. The molecule has 1 aliphatic rings. The lowest BCUT2D eigenvalue weighted by Crippen LogP contribution is -2.36. The average Bonchev–Trinajstić information content (AvgIpc) is 2.46. The number of carbonyl (C=O) groups is 1. The lowest BCUT2D eigenvalue weighted by Gasteiger charge is -2.27. The van der Waals surface area contributed by atoms with Crippen molar-refractivity contribution in [1.82, 2.24) is 14.9 Å². The summed E-state index contributed by atoms with van der Waals surface area (Å²) in [7, 11) is 0. The highest BCUT2D eigenvalue weighted by Gasteiger charge is 2.23. The molecule has 1 amide bonds. The highest BCUT2D eigenvalue weighted by Crippen LogP contribution is 2.18. The normalized spacial score (nSPS) is 14.1. The van der Waals surface area contributed by atoms with Gasteiger partial charge in [0.1, 0.15) is 10.8 Å². The molecule has 0 saturated carbocycles. The van der Waals surface area contributed by atoms with Crippen molar-refractivity contribution in [2.75, 3.05) is 6.54 Å². The summed E-state index contributed by atoms with van der Waals surface area (Å²) in [5.74, 6) is -0.0861. The Morgan fingerprint density at radius 1 is 1.26 bits per heavy atom. The van der Waals surface area contributed by atoms with Gasteiger partial charge in [0.25, 0.3) is 5.91 Å². The minimum Gasteiger partial charge on any atom is -0.333 e. The van der Waals surface area contributed by atoms with Crippen LogP contribution in [0.1, 0.15) is 21.7 Å². The van der Waals surface area contributed by atoms with Gasteiger partial charge >= 0.3 is 0 Å². The minimum atomic E-state index is -0.0861. The minimum absolute atomic E-state index is 0.0861. The summed E-state index contributed by atoms with van der Waals surface area (Å²) in [6.07, 6.45) is 2.57. The molecule has 0 fully saturated rings. The Morgan fingerprint density at radius 3 is 3.00 bits per heavy atom. The number of halogens is 1. The Balaban J connectivity index is 1.83. The zero-order valence-electron chi connectivity index (χ0n) is 10.2. The molecule has 2 aromatic heterocycles. The molecule has 5 heteroatoms. The average molecular weight is 274 g/mol. The van der Waals surface area contributed by atoms with E-state index in [0.717, 1.165) is 17.7 Å². The number of amides is 1. The van der Waals surface area contributed by atoms with Gasteiger partial charge in [0, 0.05) is 31.4 Å². The molecule has 19 heavy (non-hydrogen) atoms. The molecule has 0 saturated heterocycles. The first-order chi connectivity index (χ1) is 9.24. The van der Waals surface area contributed by atoms with Crippen LogP contribution >= 0.6 is 11.6 Å². The molecule has 0 bridgehead atoms. The Labute approximate surface area is 116 Å². The number of fused-ring (bicyclic) bond motifs is 1. The van der Waals surface area contributed by atoms with Gasteiger partial charge in [0.2, 0.25) is 0 Å². The molecule has 0 unspecified atom stereocenters. The molecule has 0 atom stereocenters. The number of carbonyl (C=O) groups excluding carboxylic acids is 1. The van der Waals surface area contributed by atoms with Gasteiger partial charge in [-0.1, -0.05) is 23.7 Å². The molecule has 0 aromatic carbocycles. The van der Waals surface area contributed by atoms with E-state index in [1.165, 1.54) is 0 Å². The van der Waals surface area contributed by atoms with Crippen molar-refractivity contribution in [2.24, 2.45) is 0 Å². The van der Waals surface area contributed by atoms with Crippen LogP contribution in [-0.4, -0.2) is 27.3 Å². The molecule has 0 radical (unpaired) electrons. The number of nitrogens with zero attached hydrogens (tertiary/aromatic N) is 3. The summed E-state index contributed by atoms with van der Waals surface area (Å²) >= 11 is 5.82. The predicted octanol–water partition coefficient (Wildman–Crippen LogP) is 2.33. The van der Waals surface area contributed by atoms with Crippen molar-refractivity contribution in [1.29, 1.82) is 0 Å². The molecule has 3 rings (SSSR count). The quantitative estimate of drug-likeness (QED) is 0.749. The summed E-state index contributed by atoms with van der Waals surface area (Å²) < 4.78 is 0. The van der Waals surface area contributed by atoms with Crippen molar-refractivity contribution in [3.05, 3.63) is 58.6 Å². The summed E-state index contributed by atoms with van der Waals surface area (Å²) in [5.41, 5.74) is 2.56. The number of aromatic nitrogens is 2. The van der Waals surface area contributed by atoms with Crippen molar-refractivity contribution in [3.8, 4) is 0 Å². The zero-order chi connectivity index (χ0) is 13.2. The van der Waals surface area contributed by atoms with Gasteiger partial charge < -0.3 is 4.90 Å². The second-order valence-electron chi connectivity index (χ2n) is 4.43. The topological polar surface area (TPSA) is 46.1 Å². The molecule has 4 nitrogen and oxygen atoms in total. The van der Waals surface area contributed by atoms with Crippen molar-refractivity contribution < 1.29 is 4.79 Å². The summed E-state index contributed by atoms with van der Waals surface area (Å²) in [5, 5.41) is 0.338. The van der Waals surface area contributed by atoms with Crippen LogP contribution in [0.15, 0.2) is 36.5 Å². The first-order valence-electron chi connectivity index (χ1n) is 6.08. The SMILES string of the molecule is O=C(c1cccc(Cl)n1)N1CCc2ncccc2C1. The third-order valence-electron chi connectivity index (χ3n) is 3.19. The number of hydrogen-bond acceptors (Lipinski definition) is 3. The van der Waals surface area contributed by atoms with Gasteiger partial charge in [0.05, 0.1) is 0 Å². The van der Waals surface area contributed by atoms with E-state index in [1.807, 2.05) is 12.1 Å². The van der Waals surface area contributed by atoms with E-state index in [-0.39, 0.29) is 5.91 Å². The lowest BCUT2D eigenvalue weighted by molar-refractivity contribution is 0.0727. The third-order valence-corrected chi connectivity index (χ3v) is 3.40. The van der Waals surface area contributed by atoms with E-state index in [9.17, 15) is 4.79 Å². The maximum Gasteiger partial charge on any atom is 0.272 e. The van der Waals surface area contributed by atoms with Crippen LogP contribution in [0.3, 0.4) is 0 Å². The van der Waals surface area contributed by atoms with Crippen molar-refractivity contribution in [2.45, 2.75) is 13.0 Å². The van der Waals surface area contributed by atoms with Crippen molar-refractivity contribution >= 4 is 17.5 Å². The Bertz CT molecular complexity index is 630. The van der Waals surface area contributed by atoms with Crippen LogP contribution in [0, 0.1) is 0 Å². The second-order valence-corrected chi connectivity index (χ2v) is 4.82. The molecule has 0 spiro atoms. The van der Waals surface area contributed by atoms with Gasteiger partial charge in [-0.15, -0.1) is 0 Å². The molecule has 1 aliphatic heterocycles. The molecule has 3 heterocycles. The summed E-state index contributed by atoms with van der Waals surface area (Å²) in [6, 6.07) is 8.99. The maximum atomic E-state index is 12.3. The van der Waals surface area contributed by atoms with Crippen LogP contribution in [0.2, 0.25) is 5.15 Å². The van der Waals surface area contributed by atoms with Crippen LogP contribution in [0.5, 0.6) is 0 Å². The first kappa shape index (κ1) is 12.1. The van der Waals surface area contributed by atoms with Crippen molar-refractivity contribution in [3.63, 3.8) is 0 Å². The van der Waals surface area contributed by atoms with Gasteiger partial charge in [-0.25, -0.2) is 4.98 Å². The summed E-state index contributed by atoms with van der Waals surface area (Å²) in [6.45, 7) is 1.24. The second kappa shape index (κ2) is 4.97. The number of pyridine rings is 2. The highest BCUT2D eigenvalue weighted by molar-refractivity contribution is 6.29. The Kier molecular flexibility index (Phi) is 3.17. The van der Waals surface area contributed by atoms with Crippen LogP contribution in [0.4, 0.5) is 0 Å². The standard InChI is InChI=1S/C14H12ClN3O/c15-13-5-1-4-12(17-13)14(19)18-8-6-11-10(9-18)3-2-7-16-11/h1-5,7H,6,8-9H2. The highest BCUT2D eigenvalue weighted by atomic mass is 35.5. The smallest absolute Gasteiger partial charge is 0.272 e. The van der Waals surface area contributed by atoms with Gasteiger partial charge in [-0.3, -0.25) is 9.78 Å². The number of hydrogen-bond donors (Lipinski definition) is 0. The number of rotatable bonds is 1. The molecule has 0 aliphatic carbocycles. The van der Waals surface area contributed by atoms with Gasteiger partial charge in [-0.2, -0.15) is 0 Å². The largest absolute Gasteiger partial charge is 0.333 e. The molecule has 0 N–H and O–H groups in total. The third kappa shape index (κ3) is 2.44. The van der Waals surface area contributed by atoms with Crippen LogP contribution in [0.25, 0.3) is 0 Å². The van der Waals surface area contributed by atoms with Gasteiger partial charge in [-0.05, 0) is 23.8 Å². The Morgan fingerprint density at radius 2 is 2.16 bits per heavy atom. The van der Waals surface area contributed by atoms with Gasteiger partial charge in [0.15, 0.2) is 0 Å². The lowest BCUT2D eigenvalue weighted by atomic mass is 10.1. The molecular weight excluding hydrogens is 262 g/mol. The van der Waals surface area contributed by atoms with E-state index >= 15 is 0 Å². The monoisotopic (exact) mass is 273 g/mol. The predicted molar refractivity (Wildman–Crippen MR) is 71.9 cm³/mol. The van der Waals surface area contributed by atoms with E-state index in [0.29, 0.717) is 23.9 Å². The van der Waals surface area contributed by atoms with E-state index in [4.69, 9.17) is 11.6 Å². The fourth-order valence-corrected chi connectivity index (χ4v) is 2.39. The molecule has 2 aromatic rings. The summed E-state index contributed by atoms with van der Waals surface area (Å²) in [4.78, 5) is 22.5. The van der Waals surface area contributed by atoms with E-state index in [1.54, 1.807) is 29.3 Å². The van der Waals surface area contributed by atoms with Crippen LogP contribution in [-0.2, 0) is 13.0 Å².